The molecule has 0 saturated carbocycles. The van der Waals surface area contributed by atoms with Crippen LogP contribution in [0.2, 0.25) is 0 Å². The van der Waals surface area contributed by atoms with E-state index in [9.17, 15) is 0 Å². The van der Waals surface area contributed by atoms with Crippen LogP contribution in [0.15, 0.2) is 6.33 Å². The van der Waals surface area contributed by atoms with Gasteiger partial charge in [-0.3, -0.25) is 0 Å². The van der Waals surface area contributed by atoms with Crippen molar-refractivity contribution in [3.63, 3.8) is 0 Å². The van der Waals surface area contributed by atoms with Crippen molar-refractivity contribution in [2.45, 2.75) is 13.5 Å². The van der Waals surface area contributed by atoms with E-state index in [4.69, 9.17) is 10.5 Å². The van der Waals surface area contributed by atoms with E-state index in [2.05, 4.69) is 15.0 Å². The molecular formula is C8H11N5O. The number of hydrogen-bond donors (Lipinski definition) is 1. The monoisotopic (exact) mass is 193 g/mol. The number of ether oxygens (including phenoxy) is 1. The summed E-state index contributed by atoms with van der Waals surface area (Å²) >= 11 is 0. The normalized spacial score (nSPS) is 10.7. The first-order chi connectivity index (χ1) is 6.76. The first kappa shape index (κ1) is 8.74. The summed E-state index contributed by atoms with van der Waals surface area (Å²) < 4.78 is 6.94. The van der Waals surface area contributed by atoms with Gasteiger partial charge in [0, 0.05) is 6.54 Å². The fraction of sp³-hybridized carbons (Fsp3) is 0.375. The second-order valence-electron chi connectivity index (χ2n) is 2.79. The minimum absolute atomic E-state index is 0.199. The Morgan fingerprint density at radius 2 is 2.29 bits per heavy atom. The molecule has 0 fully saturated rings. The molecule has 0 aliphatic carbocycles. The molecule has 2 aromatic rings. The van der Waals surface area contributed by atoms with E-state index < -0.39 is 0 Å². The molecule has 2 heterocycles. The van der Waals surface area contributed by atoms with Gasteiger partial charge in [-0.05, 0) is 6.92 Å². The lowest BCUT2D eigenvalue weighted by Crippen LogP contribution is -2.01. The molecule has 2 rings (SSSR count). The molecule has 0 saturated heterocycles. The molecule has 0 aromatic carbocycles. The van der Waals surface area contributed by atoms with Crippen LogP contribution in [0.4, 0.5) is 5.95 Å². The standard InChI is InChI=1S/C8H11N5O/c1-3-13-4-10-5-6(13)11-8(9)12-7(5)14-2/h4H,3H2,1-2H3,(H2,9,11,12). The third-order valence-electron chi connectivity index (χ3n) is 1.98. The maximum atomic E-state index is 5.54. The highest BCUT2D eigenvalue weighted by molar-refractivity contribution is 5.77. The van der Waals surface area contributed by atoms with E-state index in [1.165, 1.54) is 7.11 Å². The number of nitrogen functional groups attached to an aromatic ring is 1. The van der Waals surface area contributed by atoms with Gasteiger partial charge in [0.05, 0.1) is 13.4 Å². The van der Waals surface area contributed by atoms with Crippen LogP contribution in [-0.2, 0) is 6.54 Å². The number of aromatic nitrogens is 4. The van der Waals surface area contributed by atoms with E-state index in [1.54, 1.807) is 6.33 Å². The second-order valence-corrected chi connectivity index (χ2v) is 2.79. The third-order valence-corrected chi connectivity index (χ3v) is 1.98. The highest BCUT2D eigenvalue weighted by Crippen LogP contribution is 2.20. The van der Waals surface area contributed by atoms with Crippen molar-refractivity contribution in [1.82, 2.24) is 19.5 Å². The van der Waals surface area contributed by atoms with Crippen molar-refractivity contribution in [3.05, 3.63) is 6.33 Å². The largest absolute Gasteiger partial charge is 0.479 e. The van der Waals surface area contributed by atoms with Gasteiger partial charge in [-0.15, -0.1) is 0 Å². The van der Waals surface area contributed by atoms with E-state index in [0.29, 0.717) is 17.0 Å². The van der Waals surface area contributed by atoms with Crippen molar-refractivity contribution in [2.75, 3.05) is 12.8 Å². The third kappa shape index (κ3) is 1.15. The summed E-state index contributed by atoms with van der Waals surface area (Å²) in [5.41, 5.74) is 6.89. The number of fused-ring (bicyclic) bond motifs is 1. The van der Waals surface area contributed by atoms with Gasteiger partial charge in [-0.1, -0.05) is 0 Å². The van der Waals surface area contributed by atoms with Gasteiger partial charge < -0.3 is 15.0 Å². The SMILES string of the molecule is CCn1cnc2c(OC)nc(N)nc21. The van der Waals surface area contributed by atoms with Crippen molar-refractivity contribution in [2.24, 2.45) is 0 Å². The molecule has 14 heavy (non-hydrogen) atoms. The molecule has 2 aromatic heterocycles. The molecule has 0 unspecified atom stereocenters. The summed E-state index contributed by atoms with van der Waals surface area (Å²) in [6, 6.07) is 0. The summed E-state index contributed by atoms with van der Waals surface area (Å²) in [4.78, 5) is 12.2. The molecule has 0 aliphatic rings. The van der Waals surface area contributed by atoms with E-state index in [-0.39, 0.29) is 5.95 Å². The molecule has 0 radical (unpaired) electrons. The Morgan fingerprint density at radius 3 is 2.93 bits per heavy atom. The zero-order chi connectivity index (χ0) is 10.1. The molecular weight excluding hydrogens is 182 g/mol. The Bertz CT molecular complexity index is 464. The number of anilines is 1. The molecule has 74 valence electrons. The molecule has 0 spiro atoms. The predicted octanol–water partition coefficient (Wildman–Crippen LogP) is 0.437. The minimum atomic E-state index is 0.199. The van der Waals surface area contributed by atoms with Gasteiger partial charge in [0.25, 0.3) is 0 Å². The lowest BCUT2D eigenvalue weighted by Gasteiger charge is -2.02. The molecule has 6 heteroatoms. The highest BCUT2D eigenvalue weighted by atomic mass is 16.5. The topological polar surface area (TPSA) is 78.8 Å². The lowest BCUT2D eigenvalue weighted by molar-refractivity contribution is 0.402. The Kier molecular flexibility index (Phi) is 1.95. The Balaban J connectivity index is 2.76. The Hall–Kier alpha value is -1.85. The summed E-state index contributed by atoms with van der Waals surface area (Å²) in [6.07, 6.45) is 1.70. The van der Waals surface area contributed by atoms with Crippen LogP contribution >= 0.6 is 0 Å². The average Bonchev–Trinajstić information content (AvgIpc) is 2.59. The molecule has 6 nitrogen and oxygen atoms in total. The van der Waals surface area contributed by atoms with Crippen LogP contribution in [0.3, 0.4) is 0 Å². The van der Waals surface area contributed by atoms with E-state index in [1.807, 2.05) is 11.5 Å². The fourth-order valence-corrected chi connectivity index (χ4v) is 1.31. The van der Waals surface area contributed by atoms with Crippen LogP contribution in [0.5, 0.6) is 5.88 Å². The van der Waals surface area contributed by atoms with Gasteiger partial charge in [-0.25, -0.2) is 4.98 Å². The molecule has 0 aliphatic heterocycles. The average molecular weight is 193 g/mol. The molecule has 0 atom stereocenters. The van der Waals surface area contributed by atoms with Crippen molar-refractivity contribution in [3.8, 4) is 5.88 Å². The highest BCUT2D eigenvalue weighted by Gasteiger charge is 2.11. The smallest absolute Gasteiger partial charge is 0.246 e. The van der Waals surface area contributed by atoms with Crippen LogP contribution in [0.1, 0.15) is 6.92 Å². The number of nitrogens with zero attached hydrogens (tertiary/aromatic N) is 4. The number of nitrogens with two attached hydrogens (primary N) is 1. The molecule has 2 N–H and O–H groups in total. The quantitative estimate of drug-likeness (QED) is 0.748. The van der Waals surface area contributed by atoms with Crippen molar-refractivity contribution >= 4 is 17.1 Å². The van der Waals surface area contributed by atoms with E-state index in [0.717, 1.165) is 6.54 Å². The van der Waals surface area contributed by atoms with Gasteiger partial charge in [0.2, 0.25) is 11.8 Å². The molecule has 0 bridgehead atoms. The lowest BCUT2D eigenvalue weighted by atomic mass is 10.5. The van der Waals surface area contributed by atoms with E-state index >= 15 is 0 Å². The number of aryl methyl sites for hydroxylation is 1. The van der Waals surface area contributed by atoms with Crippen LogP contribution < -0.4 is 10.5 Å². The second kappa shape index (κ2) is 3.13. The van der Waals surface area contributed by atoms with Gasteiger partial charge in [-0.2, -0.15) is 9.97 Å². The van der Waals surface area contributed by atoms with Crippen LogP contribution in [0, 0.1) is 0 Å². The Labute approximate surface area is 80.7 Å². The zero-order valence-corrected chi connectivity index (χ0v) is 8.06. The summed E-state index contributed by atoms with van der Waals surface area (Å²) in [5.74, 6) is 0.615. The number of hydrogen-bond acceptors (Lipinski definition) is 5. The maximum absolute atomic E-state index is 5.54. The fourth-order valence-electron chi connectivity index (χ4n) is 1.31. The molecule has 0 amide bonds. The van der Waals surface area contributed by atoms with Gasteiger partial charge in [0.15, 0.2) is 11.2 Å². The summed E-state index contributed by atoms with van der Waals surface area (Å²) in [6.45, 7) is 2.79. The Morgan fingerprint density at radius 1 is 1.50 bits per heavy atom. The van der Waals surface area contributed by atoms with Crippen molar-refractivity contribution in [1.29, 1.82) is 0 Å². The number of methoxy groups -OCH3 is 1. The van der Waals surface area contributed by atoms with Gasteiger partial charge >= 0.3 is 0 Å². The maximum Gasteiger partial charge on any atom is 0.246 e. The van der Waals surface area contributed by atoms with Crippen LogP contribution in [-0.4, -0.2) is 26.6 Å². The summed E-state index contributed by atoms with van der Waals surface area (Å²) in [7, 11) is 1.53. The van der Waals surface area contributed by atoms with Gasteiger partial charge in [0.1, 0.15) is 0 Å². The first-order valence-corrected chi connectivity index (χ1v) is 4.28. The predicted molar refractivity (Wildman–Crippen MR) is 52.0 cm³/mol. The zero-order valence-electron chi connectivity index (χ0n) is 8.06. The first-order valence-electron chi connectivity index (χ1n) is 4.28. The number of imidazole rings is 1. The number of rotatable bonds is 2. The summed E-state index contributed by atoms with van der Waals surface area (Å²) in [5, 5.41) is 0. The minimum Gasteiger partial charge on any atom is -0.479 e. The van der Waals surface area contributed by atoms with Crippen LogP contribution in [0.25, 0.3) is 11.2 Å². The van der Waals surface area contributed by atoms with Crippen molar-refractivity contribution < 1.29 is 4.74 Å².